The summed E-state index contributed by atoms with van der Waals surface area (Å²) in [7, 11) is 1.70. The van der Waals surface area contributed by atoms with Gasteiger partial charge in [0.05, 0.1) is 11.3 Å². The SMILES string of the molecule is Cn1ccc(NC(=O)c2nc(-c3ccccc3)n(-c3cccc(C(F)(F)F)c3)n2)n1. The van der Waals surface area contributed by atoms with Crippen LogP contribution in [0.4, 0.5) is 19.0 Å². The first kappa shape index (κ1) is 19.4. The third kappa shape index (κ3) is 3.93. The first-order chi connectivity index (χ1) is 14.3. The molecule has 2 aromatic heterocycles. The van der Waals surface area contributed by atoms with Crippen LogP contribution in [0.1, 0.15) is 16.2 Å². The Morgan fingerprint density at radius 2 is 1.77 bits per heavy atom. The number of carbonyl (C=O) groups excluding carboxylic acids is 1. The predicted molar refractivity (Wildman–Crippen MR) is 103 cm³/mol. The van der Waals surface area contributed by atoms with Gasteiger partial charge in [-0.05, 0) is 18.2 Å². The highest BCUT2D eigenvalue weighted by molar-refractivity contribution is 6.01. The highest BCUT2D eigenvalue weighted by Gasteiger charge is 2.31. The minimum atomic E-state index is -4.51. The maximum atomic E-state index is 13.2. The van der Waals surface area contributed by atoms with Gasteiger partial charge in [-0.25, -0.2) is 9.67 Å². The molecule has 4 aromatic rings. The van der Waals surface area contributed by atoms with Crippen molar-refractivity contribution < 1.29 is 18.0 Å². The number of nitrogens with one attached hydrogen (secondary N) is 1. The molecule has 0 aliphatic heterocycles. The number of hydrogen-bond acceptors (Lipinski definition) is 4. The number of alkyl halides is 3. The van der Waals surface area contributed by atoms with Gasteiger partial charge >= 0.3 is 6.18 Å². The number of carbonyl (C=O) groups is 1. The van der Waals surface area contributed by atoms with Crippen LogP contribution in [0.3, 0.4) is 0 Å². The molecule has 2 aromatic carbocycles. The van der Waals surface area contributed by atoms with E-state index in [1.807, 2.05) is 0 Å². The van der Waals surface area contributed by atoms with Crippen LogP contribution in [0.2, 0.25) is 0 Å². The van der Waals surface area contributed by atoms with Gasteiger partial charge in [-0.3, -0.25) is 9.48 Å². The molecule has 10 heteroatoms. The van der Waals surface area contributed by atoms with Crippen LogP contribution in [0.25, 0.3) is 17.1 Å². The molecule has 0 fully saturated rings. The highest BCUT2D eigenvalue weighted by atomic mass is 19.4. The molecule has 30 heavy (non-hydrogen) atoms. The summed E-state index contributed by atoms with van der Waals surface area (Å²) in [6.07, 6.45) is -2.86. The second-order valence-corrected chi connectivity index (χ2v) is 6.41. The van der Waals surface area contributed by atoms with Gasteiger partial charge in [0, 0.05) is 24.9 Å². The Morgan fingerprint density at radius 3 is 2.43 bits per heavy atom. The van der Waals surface area contributed by atoms with Crippen LogP contribution in [-0.4, -0.2) is 30.5 Å². The van der Waals surface area contributed by atoms with E-state index in [2.05, 4.69) is 20.5 Å². The molecule has 0 radical (unpaired) electrons. The largest absolute Gasteiger partial charge is 0.416 e. The molecule has 1 N–H and O–H groups in total. The molecule has 0 spiro atoms. The van der Waals surface area contributed by atoms with Crippen molar-refractivity contribution in [3.63, 3.8) is 0 Å². The first-order valence-electron chi connectivity index (χ1n) is 8.82. The van der Waals surface area contributed by atoms with Crippen molar-refractivity contribution in [3.05, 3.63) is 78.2 Å². The zero-order valence-corrected chi connectivity index (χ0v) is 15.6. The van der Waals surface area contributed by atoms with Gasteiger partial charge in [0.2, 0.25) is 5.82 Å². The molecule has 0 bridgehead atoms. The molecule has 2 heterocycles. The number of nitrogens with zero attached hydrogens (tertiary/aromatic N) is 5. The average Bonchev–Trinajstić information content (AvgIpc) is 3.35. The molecule has 0 saturated heterocycles. The van der Waals surface area contributed by atoms with Crippen molar-refractivity contribution in [1.82, 2.24) is 24.5 Å². The lowest BCUT2D eigenvalue weighted by molar-refractivity contribution is -0.137. The lowest BCUT2D eigenvalue weighted by Crippen LogP contribution is -2.15. The van der Waals surface area contributed by atoms with E-state index in [9.17, 15) is 18.0 Å². The molecule has 7 nitrogen and oxygen atoms in total. The van der Waals surface area contributed by atoms with Gasteiger partial charge in [-0.1, -0.05) is 36.4 Å². The van der Waals surface area contributed by atoms with Crippen LogP contribution < -0.4 is 5.32 Å². The second-order valence-electron chi connectivity index (χ2n) is 6.41. The van der Waals surface area contributed by atoms with Gasteiger partial charge in [-0.2, -0.15) is 18.3 Å². The van der Waals surface area contributed by atoms with Gasteiger partial charge in [0.15, 0.2) is 11.6 Å². The summed E-state index contributed by atoms with van der Waals surface area (Å²) in [6, 6.07) is 15.0. The van der Waals surface area contributed by atoms with E-state index in [0.29, 0.717) is 11.4 Å². The highest BCUT2D eigenvalue weighted by Crippen LogP contribution is 2.31. The number of aromatic nitrogens is 5. The summed E-state index contributed by atoms with van der Waals surface area (Å²) < 4.78 is 42.2. The van der Waals surface area contributed by atoms with Gasteiger partial charge in [-0.15, -0.1) is 5.10 Å². The summed E-state index contributed by atoms with van der Waals surface area (Å²) in [5.41, 5.74) is -0.0960. The number of halogens is 3. The lowest BCUT2D eigenvalue weighted by Gasteiger charge is -2.10. The van der Waals surface area contributed by atoms with E-state index in [1.165, 1.54) is 21.5 Å². The maximum Gasteiger partial charge on any atom is 0.416 e. The number of hydrogen-bond donors (Lipinski definition) is 1. The minimum absolute atomic E-state index is 0.132. The molecule has 0 aliphatic carbocycles. The molecule has 1 amide bonds. The summed E-state index contributed by atoms with van der Waals surface area (Å²) in [5.74, 6) is -0.284. The first-order valence-corrected chi connectivity index (χ1v) is 8.82. The molecule has 4 rings (SSSR count). The predicted octanol–water partition coefficient (Wildman–Crippen LogP) is 3.94. The molecule has 0 unspecified atom stereocenters. The van der Waals surface area contributed by atoms with Crippen LogP contribution in [0.15, 0.2) is 66.9 Å². The number of amides is 1. The average molecular weight is 412 g/mol. The molecule has 0 saturated carbocycles. The fourth-order valence-corrected chi connectivity index (χ4v) is 2.83. The normalized spacial score (nSPS) is 11.5. The van der Waals surface area contributed by atoms with E-state index in [-0.39, 0.29) is 17.3 Å². The number of rotatable bonds is 4. The summed E-state index contributed by atoms with van der Waals surface area (Å²) >= 11 is 0. The Hall–Kier alpha value is -3.95. The Morgan fingerprint density at radius 1 is 1.00 bits per heavy atom. The Kier molecular flexibility index (Phi) is 4.82. The molecule has 0 atom stereocenters. The monoisotopic (exact) mass is 412 g/mol. The van der Waals surface area contributed by atoms with E-state index < -0.39 is 17.6 Å². The Balaban J connectivity index is 1.78. The zero-order valence-electron chi connectivity index (χ0n) is 15.6. The fourth-order valence-electron chi connectivity index (χ4n) is 2.83. The number of aryl methyl sites for hydroxylation is 1. The van der Waals surface area contributed by atoms with Crippen molar-refractivity contribution in [3.8, 4) is 17.1 Å². The van der Waals surface area contributed by atoms with Crippen LogP contribution in [-0.2, 0) is 13.2 Å². The van der Waals surface area contributed by atoms with Crippen molar-refractivity contribution >= 4 is 11.7 Å². The van der Waals surface area contributed by atoms with E-state index >= 15 is 0 Å². The van der Waals surface area contributed by atoms with Gasteiger partial charge in [0.1, 0.15) is 0 Å². The number of anilines is 1. The minimum Gasteiger partial charge on any atom is -0.302 e. The zero-order chi connectivity index (χ0) is 21.3. The third-order valence-electron chi connectivity index (χ3n) is 4.22. The van der Waals surface area contributed by atoms with Crippen molar-refractivity contribution in [2.24, 2.45) is 7.05 Å². The Labute approximate surface area is 168 Å². The van der Waals surface area contributed by atoms with Crippen molar-refractivity contribution in [2.75, 3.05) is 5.32 Å². The van der Waals surface area contributed by atoms with Gasteiger partial charge < -0.3 is 5.32 Å². The molecular weight excluding hydrogens is 397 g/mol. The standard InChI is InChI=1S/C20H15F3N6O/c1-28-11-10-16(26-28)24-19(30)17-25-18(13-6-3-2-4-7-13)29(27-17)15-9-5-8-14(12-15)20(21,22)23/h2-12H,1H3,(H,24,26,30). The van der Waals surface area contributed by atoms with Crippen molar-refractivity contribution in [1.29, 1.82) is 0 Å². The maximum absolute atomic E-state index is 13.2. The molecule has 0 aliphatic rings. The molecule has 152 valence electrons. The topological polar surface area (TPSA) is 77.6 Å². The quantitative estimate of drug-likeness (QED) is 0.551. The summed E-state index contributed by atoms with van der Waals surface area (Å²) in [5, 5.41) is 10.8. The van der Waals surface area contributed by atoms with Crippen LogP contribution in [0.5, 0.6) is 0 Å². The second kappa shape index (κ2) is 7.47. The smallest absolute Gasteiger partial charge is 0.302 e. The molecular formula is C20H15F3N6O. The third-order valence-corrected chi connectivity index (χ3v) is 4.22. The number of benzene rings is 2. The van der Waals surface area contributed by atoms with Crippen LogP contribution >= 0.6 is 0 Å². The van der Waals surface area contributed by atoms with Crippen LogP contribution in [0, 0.1) is 0 Å². The van der Waals surface area contributed by atoms with Crippen molar-refractivity contribution in [2.45, 2.75) is 6.18 Å². The fraction of sp³-hybridized carbons (Fsp3) is 0.100. The van der Waals surface area contributed by atoms with E-state index in [1.54, 1.807) is 49.6 Å². The van der Waals surface area contributed by atoms with Gasteiger partial charge in [0.25, 0.3) is 5.91 Å². The Bertz CT molecular complexity index is 1200. The van der Waals surface area contributed by atoms with E-state index in [4.69, 9.17) is 0 Å². The summed E-state index contributed by atoms with van der Waals surface area (Å²) in [6.45, 7) is 0. The lowest BCUT2D eigenvalue weighted by atomic mass is 10.2. The van der Waals surface area contributed by atoms with E-state index in [0.717, 1.165) is 12.1 Å². The summed E-state index contributed by atoms with van der Waals surface area (Å²) in [4.78, 5) is 16.9.